The lowest BCUT2D eigenvalue weighted by atomic mass is 10.1. The molecule has 18 heavy (non-hydrogen) atoms. The van der Waals surface area contributed by atoms with Gasteiger partial charge in [0, 0.05) is 24.8 Å². The molecule has 4 heteroatoms. The molecule has 1 aromatic rings. The van der Waals surface area contributed by atoms with E-state index in [9.17, 15) is 0 Å². The van der Waals surface area contributed by atoms with Crippen molar-refractivity contribution in [1.29, 1.82) is 0 Å². The second kappa shape index (κ2) is 5.41. The van der Waals surface area contributed by atoms with E-state index < -0.39 is 0 Å². The third kappa shape index (κ3) is 2.75. The highest BCUT2D eigenvalue weighted by Gasteiger charge is 2.25. The summed E-state index contributed by atoms with van der Waals surface area (Å²) < 4.78 is 2.36. The molecule has 0 atom stereocenters. The fraction of sp³-hybridized carbons (Fsp3) is 0.786. The minimum Gasteiger partial charge on any atom is -0.330 e. The molecule has 3 rings (SSSR count). The summed E-state index contributed by atoms with van der Waals surface area (Å²) in [7, 11) is 0. The molecular formula is C14H24N4. The molecule has 0 bridgehead atoms. The van der Waals surface area contributed by atoms with E-state index in [1.807, 2.05) is 12.5 Å². The molecule has 0 aromatic carbocycles. The normalized spacial score (nSPS) is 22.5. The number of nitrogens with one attached hydrogen (secondary N) is 1. The quantitative estimate of drug-likeness (QED) is 0.862. The second-order valence-corrected chi connectivity index (χ2v) is 5.61. The van der Waals surface area contributed by atoms with Gasteiger partial charge in [-0.1, -0.05) is 6.92 Å². The number of likely N-dealkylation sites (tertiary alicyclic amines) is 1. The van der Waals surface area contributed by atoms with Gasteiger partial charge >= 0.3 is 0 Å². The van der Waals surface area contributed by atoms with Crippen molar-refractivity contribution in [2.45, 2.75) is 51.2 Å². The zero-order valence-electron chi connectivity index (χ0n) is 11.3. The molecule has 2 heterocycles. The third-order valence-corrected chi connectivity index (χ3v) is 4.29. The van der Waals surface area contributed by atoms with Crippen molar-refractivity contribution < 1.29 is 0 Å². The van der Waals surface area contributed by atoms with Gasteiger partial charge in [-0.05, 0) is 45.3 Å². The molecule has 0 radical (unpaired) electrons. The van der Waals surface area contributed by atoms with E-state index in [4.69, 9.17) is 0 Å². The lowest BCUT2D eigenvalue weighted by molar-refractivity contribution is 0.205. The van der Waals surface area contributed by atoms with E-state index in [0.717, 1.165) is 12.6 Å². The van der Waals surface area contributed by atoms with Crippen LogP contribution in [0.25, 0.3) is 0 Å². The molecule has 1 aliphatic heterocycles. The average Bonchev–Trinajstić information content (AvgIpc) is 3.16. The molecule has 1 aromatic heterocycles. The number of hydrogen-bond donors (Lipinski definition) is 1. The Hall–Kier alpha value is -0.870. The number of piperidine rings is 1. The number of imidazole rings is 1. The maximum absolute atomic E-state index is 4.29. The van der Waals surface area contributed by atoms with E-state index in [0.29, 0.717) is 6.04 Å². The van der Waals surface area contributed by atoms with E-state index in [1.165, 1.54) is 51.0 Å². The Morgan fingerprint density at radius 3 is 2.72 bits per heavy atom. The summed E-state index contributed by atoms with van der Waals surface area (Å²) in [6.45, 7) is 6.92. The van der Waals surface area contributed by atoms with Crippen LogP contribution in [0.1, 0.15) is 44.3 Å². The summed E-state index contributed by atoms with van der Waals surface area (Å²) in [6, 6.07) is 1.43. The van der Waals surface area contributed by atoms with Crippen molar-refractivity contribution in [1.82, 2.24) is 19.8 Å². The van der Waals surface area contributed by atoms with Crippen molar-refractivity contribution in [2.24, 2.45) is 0 Å². The van der Waals surface area contributed by atoms with Gasteiger partial charge in [0.15, 0.2) is 0 Å². The van der Waals surface area contributed by atoms with Crippen LogP contribution in [-0.4, -0.2) is 40.1 Å². The second-order valence-electron chi connectivity index (χ2n) is 5.61. The van der Waals surface area contributed by atoms with Crippen molar-refractivity contribution >= 4 is 0 Å². The van der Waals surface area contributed by atoms with E-state index in [-0.39, 0.29) is 0 Å². The summed E-state index contributed by atoms with van der Waals surface area (Å²) in [5.41, 5.74) is 1.36. The Bertz CT molecular complexity index is 375. The molecule has 0 unspecified atom stereocenters. The standard InChI is InChI=1S/C14H24N4/c1-2-17-7-5-12(6-8-17)16-10-14-9-15-11-18(14)13-3-4-13/h9,11-13,16H,2-8,10H2,1H3. The van der Waals surface area contributed by atoms with Crippen LogP contribution in [0.2, 0.25) is 0 Å². The Balaban J connectivity index is 1.48. The van der Waals surface area contributed by atoms with E-state index in [1.54, 1.807) is 0 Å². The average molecular weight is 248 g/mol. The maximum Gasteiger partial charge on any atom is 0.0951 e. The molecule has 1 aliphatic carbocycles. The Kier molecular flexibility index (Phi) is 3.66. The molecule has 2 fully saturated rings. The van der Waals surface area contributed by atoms with Crippen LogP contribution in [0.3, 0.4) is 0 Å². The zero-order valence-corrected chi connectivity index (χ0v) is 11.3. The predicted octanol–water partition coefficient (Wildman–Crippen LogP) is 1.79. The molecule has 2 aliphatic rings. The summed E-state index contributed by atoms with van der Waals surface area (Å²) in [4.78, 5) is 6.82. The van der Waals surface area contributed by atoms with Gasteiger partial charge in [-0.3, -0.25) is 0 Å². The lowest BCUT2D eigenvalue weighted by Gasteiger charge is -2.31. The minimum atomic E-state index is 0.690. The highest BCUT2D eigenvalue weighted by molar-refractivity contribution is 5.03. The minimum absolute atomic E-state index is 0.690. The van der Waals surface area contributed by atoms with Gasteiger partial charge in [-0.15, -0.1) is 0 Å². The van der Waals surface area contributed by atoms with E-state index in [2.05, 4.69) is 26.7 Å². The van der Waals surface area contributed by atoms with Crippen LogP contribution in [-0.2, 0) is 6.54 Å². The third-order valence-electron chi connectivity index (χ3n) is 4.29. The lowest BCUT2D eigenvalue weighted by Crippen LogP contribution is -2.42. The number of nitrogens with zero attached hydrogens (tertiary/aromatic N) is 3. The SMILES string of the molecule is CCN1CCC(NCc2cncn2C2CC2)CC1. The van der Waals surface area contributed by atoms with Crippen molar-refractivity contribution in [3.8, 4) is 0 Å². The van der Waals surface area contributed by atoms with Crippen LogP contribution in [0.15, 0.2) is 12.5 Å². The number of hydrogen-bond acceptors (Lipinski definition) is 3. The molecule has 0 spiro atoms. The molecule has 1 saturated carbocycles. The smallest absolute Gasteiger partial charge is 0.0951 e. The first-order valence-electron chi connectivity index (χ1n) is 7.33. The van der Waals surface area contributed by atoms with Crippen molar-refractivity contribution in [2.75, 3.05) is 19.6 Å². The summed E-state index contributed by atoms with van der Waals surface area (Å²) in [6.07, 6.45) is 9.24. The van der Waals surface area contributed by atoms with Gasteiger partial charge in [0.05, 0.1) is 12.0 Å². The van der Waals surface area contributed by atoms with Crippen LogP contribution in [0.5, 0.6) is 0 Å². The first-order valence-corrected chi connectivity index (χ1v) is 7.33. The Morgan fingerprint density at radius 2 is 2.06 bits per heavy atom. The fourth-order valence-electron chi connectivity index (χ4n) is 2.85. The molecular weight excluding hydrogens is 224 g/mol. The first kappa shape index (κ1) is 12.2. The molecule has 1 N–H and O–H groups in total. The highest BCUT2D eigenvalue weighted by atomic mass is 15.1. The van der Waals surface area contributed by atoms with E-state index >= 15 is 0 Å². The largest absolute Gasteiger partial charge is 0.330 e. The van der Waals surface area contributed by atoms with Gasteiger partial charge in [0.25, 0.3) is 0 Å². The topological polar surface area (TPSA) is 33.1 Å². The van der Waals surface area contributed by atoms with Gasteiger partial charge < -0.3 is 14.8 Å². The Morgan fingerprint density at radius 1 is 1.28 bits per heavy atom. The van der Waals surface area contributed by atoms with Gasteiger partial charge in [-0.25, -0.2) is 4.98 Å². The Labute approximate surface area is 109 Å². The van der Waals surface area contributed by atoms with Gasteiger partial charge in [-0.2, -0.15) is 0 Å². The summed E-state index contributed by atoms with van der Waals surface area (Å²) in [5.74, 6) is 0. The molecule has 1 saturated heterocycles. The van der Waals surface area contributed by atoms with Crippen LogP contribution in [0.4, 0.5) is 0 Å². The monoisotopic (exact) mass is 248 g/mol. The van der Waals surface area contributed by atoms with Crippen LogP contribution < -0.4 is 5.32 Å². The highest BCUT2D eigenvalue weighted by Crippen LogP contribution is 2.35. The first-order chi connectivity index (χ1) is 8.86. The number of rotatable bonds is 5. The molecule has 0 amide bonds. The maximum atomic E-state index is 4.29. The fourth-order valence-corrected chi connectivity index (χ4v) is 2.85. The molecule has 4 nitrogen and oxygen atoms in total. The number of aromatic nitrogens is 2. The van der Waals surface area contributed by atoms with Crippen molar-refractivity contribution in [3.63, 3.8) is 0 Å². The summed E-state index contributed by atoms with van der Waals surface area (Å²) >= 11 is 0. The zero-order chi connectivity index (χ0) is 12.4. The van der Waals surface area contributed by atoms with Crippen LogP contribution >= 0.6 is 0 Å². The van der Waals surface area contributed by atoms with Gasteiger partial charge in [0.1, 0.15) is 0 Å². The molecule has 100 valence electrons. The van der Waals surface area contributed by atoms with Crippen molar-refractivity contribution in [3.05, 3.63) is 18.2 Å². The van der Waals surface area contributed by atoms with Gasteiger partial charge in [0.2, 0.25) is 0 Å². The summed E-state index contributed by atoms with van der Waals surface area (Å²) in [5, 5.41) is 3.70. The van der Waals surface area contributed by atoms with Crippen LogP contribution in [0, 0.1) is 0 Å². The predicted molar refractivity (Wildman–Crippen MR) is 72.5 cm³/mol.